The molecule has 0 spiro atoms. The maximum absolute atomic E-state index is 2.45. The lowest BCUT2D eigenvalue weighted by Crippen LogP contribution is -2.30. The van der Waals surface area contributed by atoms with E-state index in [0.29, 0.717) is 0 Å². The van der Waals surface area contributed by atoms with Gasteiger partial charge in [-0.2, -0.15) is 0 Å². The fourth-order valence-electron chi connectivity index (χ4n) is 3.83. The Balaban J connectivity index is 1.50. The van der Waals surface area contributed by atoms with Crippen LogP contribution in [0.5, 0.6) is 0 Å². The third kappa shape index (κ3) is 4.24. The Labute approximate surface area is 160 Å². The molecule has 3 aromatic carbocycles. The lowest BCUT2D eigenvalue weighted by molar-refractivity contribution is 0.685. The maximum Gasteiger partial charge on any atom is 0.0551 e. The van der Waals surface area contributed by atoms with Crippen molar-refractivity contribution < 1.29 is 0 Å². The van der Waals surface area contributed by atoms with Crippen molar-refractivity contribution in [3.05, 3.63) is 97.2 Å². The van der Waals surface area contributed by atoms with Crippen molar-refractivity contribution in [2.45, 2.75) is 18.1 Å². The molecule has 0 unspecified atom stereocenters. The van der Waals surface area contributed by atoms with Crippen LogP contribution < -0.4 is 10.4 Å². The summed E-state index contributed by atoms with van der Waals surface area (Å²) in [5.74, 6) is 0. The van der Waals surface area contributed by atoms with Crippen molar-refractivity contribution in [1.82, 2.24) is 4.57 Å². The molecule has 0 saturated heterocycles. The van der Waals surface area contributed by atoms with Crippen LogP contribution in [-0.4, -0.2) is 23.6 Å². The van der Waals surface area contributed by atoms with Crippen LogP contribution in [0.15, 0.2) is 97.2 Å². The summed E-state index contributed by atoms with van der Waals surface area (Å²) in [5, 5.41) is 5.49. The van der Waals surface area contributed by atoms with Gasteiger partial charge in [-0.25, -0.2) is 0 Å². The molecule has 4 aromatic rings. The number of aromatic nitrogens is 1. The van der Waals surface area contributed by atoms with E-state index in [1.807, 2.05) is 0 Å². The van der Waals surface area contributed by atoms with Crippen LogP contribution >= 0.6 is 0 Å². The standard InChI is InChI=1S/C23H25NSi2/c1-3-10-20(11-4-1)25-23(26-21-12-5-2-6-13-21)16-18-24-17-15-19-9-7-8-14-22(19)24/h1-15,17,23H,16,18,25-26H2. The summed E-state index contributed by atoms with van der Waals surface area (Å²) in [7, 11) is -0.487. The molecule has 1 aromatic heterocycles. The number of para-hydroxylation sites is 1. The van der Waals surface area contributed by atoms with E-state index in [2.05, 4.69) is 102 Å². The number of hydrogen-bond acceptors (Lipinski definition) is 0. The number of nitrogens with zero attached hydrogens (tertiary/aromatic N) is 1. The maximum atomic E-state index is 2.45. The average molecular weight is 372 g/mol. The fraction of sp³-hybridized carbons (Fsp3) is 0.130. The highest BCUT2D eigenvalue weighted by Gasteiger charge is 2.13. The van der Waals surface area contributed by atoms with E-state index in [4.69, 9.17) is 0 Å². The smallest absolute Gasteiger partial charge is 0.0551 e. The second-order valence-corrected chi connectivity index (χ2v) is 13.0. The molecular weight excluding hydrogens is 346 g/mol. The first-order chi connectivity index (χ1) is 12.9. The molecule has 1 nitrogen and oxygen atoms in total. The second-order valence-electron chi connectivity index (χ2n) is 7.10. The number of fused-ring (bicyclic) bond motifs is 1. The van der Waals surface area contributed by atoms with Crippen molar-refractivity contribution in [3.8, 4) is 0 Å². The van der Waals surface area contributed by atoms with Gasteiger partial charge >= 0.3 is 0 Å². The highest BCUT2D eigenvalue weighted by Crippen LogP contribution is 2.18. The van der Waals surface area contributed by atoms with Crippen molar-refractivity contribution in [3.63, 3.8) is 0 Å². The van der Waals surface area contributed by atoms with Crippen molar-refractivity contribution in [2.75, 3.05) is 0 Å². The zero-order valence-electron chi connectivity index (χ0n) is 15.1. The van der Waals surface area contributed by atoms with Crippen LogP contribution in [0.25, 0.3) is 10.9 Å². The van der Waals surface area contributed by atoms with Gasteiger partial charge in [-0.05, 0) is 23.9 Å². The third-order valence-electron chi connectivity index (χ3n) is 5.19. The predicted molar refractivity (Wildman–Crippen MR) is 120 cm³/mol. The molecule has 130 valence electrons. The molecule has 0 radical (unpaired) electrons. The molecule has 3 heteroatoms. The molecular formula is C23H25NSi2. The van der Waals surface area contributed by atoms with Crippen molar-refractivity contribution >= 4 is 40.3 Å². The second kappa shape index (κ2) is 8.34. The SMILES string of the molecule is c1ccc([SiH2]C(CCn2ccc3ccccc32)[SiH2]c2ccccc2)cc1. The lowest BCUT2D eigenvalue weighted by Gasteiger charge is -2.17. The van der Waals surface area contributed by atoms with Gasteiger partial charge in [0.15, 0.2) is 0 Å². The summed E-state index contributed by atoms with van der Waals surface area (Å²) >= 11 is 0. The van der Waals surface area contributed by atoms with E-state index in [1.54, 1.807) is 10.4 Å². The molecule has 0 saturated carbocycles. The molecule has 1 heterocycles. The molecule has 0 aliphatic carbocycles. The zero-order chi connectivity index (χ0) is 17.6. The first kappa shape index (κ1) is 17.1. The van der Waals surface area contributed by atoms with E-state index in [9.17, 15) is 0 Å². The Hall–Kier alpha value is -2.37. The number of aryl methyl sites for hydroxylation is 1. The molecule has 0 bridgehead atoms. The summed E-state index contributed by atoms with van der Waals surface area (Å²) in [6.45, 7) is 1.14. The van der Waals surface area contributed by atoms with Crippen LogP contribution in [-0.2, 0) is 6.54 Å². The van der Waals surface area contributed by atoms with Crippen LogP contribution in [0.4, 0.5) is 0 Å². The Morgan fingerprint density at radius 2 is 1.23 bits per heavy atom. The van der Waals surface area contributed by atoms with Crippen molar-refractivity contribution in [2.24, 2.45) is 0 Å². The third-order valence-corrected chi connectivity index (χ3v) is 10.8. The summed E-state index contributed by atoms with van der Waals surface area (Å²) in [6, 6.07) is 33.4. The molecule has 0 aliphatic heterocycles. The van der Waals surface area contributed by atoms with Crippen LogP contribution in [0.1, 0.15) is 6.42 Å². The van der Waals surface area contributed by atoms with E-state index in [0.717, 1.165) is 11.7 Å². The molecule has 4 rings (SSSR count). The van der Waals surface area contributed by atoms with Crippen molar-refractivity contribution in [1.29, 1.82) is 0 Å². The van der Waals surface area contributed by atoms with Gasteiger partial charge in [-0.15, -0.1) is 0 Å². The van der Waals surface area contributed by atoms with E-state index in [-0.39, 0.29) is 19.0 Å². The van der Waals surface area contributed by atoms with Gasteiger partial charge in [-0.1, -0.05) is 94.4 Å². The minimum atomic E-state index is -0.244. The Morgan fingerprint density at radius 1 is 0.654 bits per heavy atom. The summed E-state index contributed by atoms with van der Waals surface area (Å²) < 4.78 is 2.45. The molecule has 0 amide bonds. The number of benzene rings is 3. The van der Waals surface area contributed by atoms with Gasteiger partial charge in [0.05, 0.1) is 19.0 Å². The van der Waals surface area contributed by atoms with Gasteiger partial charge in [0.2, 0.25) is 0 Å². The molecule has 0 atom stereocenters. The number of hydrogen-bond donors (Lipinski definition) is 0. The topological polar surface area (TPSA) is 4.93 Å². The highest BCUT2D eigenvalue weighted by atomic mass is 28.3. The average Bonchev–Trinajstić information content (AvgIpc) is 3.11. The Kier molecular flexibility index (Phi) is 5.48. The largest absolute Gasteiger partial charge is 0.347 e. The van der Waals surface area contributed by atoms with E-state index in [1.165, 1.54) is 17.3 Å². The van der Waals surface area contributed by atoms with Gasteiger partial charge in [0.1, 0.15) is 0 Å². The summed E-state index contributed by atoms with van der Waals surface area (Å²) in [4.78, 5) is 0. The fourth-order valence-corrected chi connectivity index (χ4v) is 9.60. The molecule has 0 N–H and O–H groups in total. The quantitative estimate of drug-likeness (QED) is 0.440. The molecule has 0 fully saturated rings. The first-order valence-corrected chi connectivity index (χ1v) is 12.5. The minimum absolute atomic E-state index is 0.244. The molecule has 26 heavy (non-hydrogen) atoms. The summed E-state index contributed by atoms with van der Waals surface area (Å²) in [6.07, 6.45) is 3.57. The van der Waals surface area contributed by atoms with E-state index < -0.39 is 0 Å². The minimum Gasteiger partial charge on any atom is -0.347 e. The predicted octanol–water partition coefficient (Wildman–Crippen LogP) is 2.77. The lowest BCUT2D eigenvalue weighted by atomic mass is 10.2. The molecule has 0 aliphatic rings. The summed E-state index contributed by atoms with van der Waals surface area (Å²) in [5.41, 5.74) is 1.37. The van der Waals surface area contributed by atoms with Gasteiger partial charge in [-0.3, -0.25) is 0 Å². The monoisotopic (exact) mass is 371 g/mol. The zero-order valence-corrected chi connectivity index (χ0v) is 17.9. The van der Waals surface area contributed by atoms with Gasteiger partial charge in [0.25, 0.3) is 0 Å². The first-order valence-electron chi connectivity index (χ1n) is 9.50. The van der Waals surface area contributed by atoms with E-state index >= 15 is 0 Å². The normalized spacial score (nSPS) is 13.2. The van der Waals surface area contributed by atoms with Gasteiger partial charge < -0.3 is 4.57 Å². The van der Waals surface area contributed by atoms with Gasteiger partial charge in [0, 0.05) is 18.3 Å². The van der Waals surface area contributed by atoms with Crippen LogP contribution in [0, 0.1) is 0 Å². The van der Waals surface area contributed by atoms with Crippen LogP contribution in [0.3, 0.4) is 0 Å². The Bertz CT molecular complexity index is 906. The Morgan fingerprint density at radius 3 is 1.88 bits per heavy atom. The highest BCUT2D eigenvalue weighted by molar-refractivity contribution is 6.73. The van der Waals surface area contributed by atoms with Crippen LogP contribution in [0.2, 0.25) is 5.16 Å². The number of rotatable bonds is 7.